The van der Waals surface area contributed by atoms with Gasteiger partial charge < -0.3 is 5.32 Å². The van der Waals surface area contributed by atoms with E-state index in [-0.39, 0.29) is 11.5 Å². The molecule has 0 amide bonds. The van der Waals surface area contributed by atoms with Crippen LogP contribution in [0.2, 0.25) is 0 Å². The lowest BCUT2D eigenvalue weighted by Crippen LogP contribution is -2.48. The number of nitrogens with zero attached hydrogens (tertiary/aromatic N) is 1. The molecule has 0 spiro atoms. The molecule has 2 aliphatic carbocycles. The van der Waals surface area contributed by atoms with E-state index in [1.807, 2.05) is 0 Å². The zero-order valence-corrected chi connectivity index (χ0v) is 9.21. The predicted octanol–water partition coefficient (Wildman–Crippen LogP) is 2.46. The van der Waals surface area contributed by atoms with Gasteiger partial charge in [-0.3, -0.25) is 0 Å². The summed E-state index contributed by atoms with van der Waals surface area (Å²) < 4.78 is 0. The number of nitrogens with one attached hydrogen (secondary N) is 1. The van der Waals surface area contributed by atoms with Crippen molar-refractivity contribution < 1.29 is 0 Å². The standard InChI is InChI=1S/C12H20N2/c1-12(2,10-6-7-10)14-11-5-3-4-9(11)8-13/h9-11,14H,3-7H2,1-2H3. The molecule has 0 aliphatic heterocycles. The monoisotopic (exact) mass is 192 g/mol. The van der Waals surface area contributed by atoms with Gasteiger partial charge in [-0.05, 0) is 45.4 Å². The highest BCUT2D eigenvalue weighted by atomic mass is 15.0. The Hall–Kier alpha value is -0.550. The number of rotatable bonds is 3. The van der Waals surface area contributed by atoms with Crippen LogP contribution < -0.4 is 5.32 Å². The van der Waals surface area contributed by atoms with Crippen LogP contribution in [0.1, 0.15) is 46.0 Å². The molecule has 2 rings (SSSR count). The van der Waals surface area contributed by atoms with E-state index in [2.05, 4.69) is 25.2 Å². The van der Waals surface area contributed by atoms with Crippen molar-refractivity contribution in [2.75, 3.05) is 0 Å². The van der Waals surface area contributed by atoms with Gasteiger partial charge in [-0.2, -0.15) is 5.26 Å². The molecule has 14 heavy (non-hydrogen) atoms. The Morgan fingerprint density at radius 2 is 1.93 bits per heavy atom. The van der Waals surface area contributed by atoms with Crippen LogP contribution in [0.4, 0.5) is 0 Å². The first-order valence-corrected chi connectivity index (χ1v) is 5.81. The molecule has 2 heteroatoms. The maximum Gasteiger partial charge on any atom is 0.0672 e. The van der Waals surface area contributed by atoms with Gasteiger partial charge in [-0.15, -0.1) is 0 Å². The molecule has 0 aromatic heterocycles. The van der Waals surface area contributed by atoms with Gasteiger partial charge in [-0.1, -0.05) is 6.42 Å². The Morgan fingerprint density at radius 3 is 2.50 bits per heavy atom. The molecule has 2 saturated carbocycles. The summed E-state index contributed by atoms with van der Waals surface area (Å²) in [5.74, 6) is 1.11. The van der Waals surface area contributed by atoms with Crippen molar-refractivity contribution in [3.63, 3.8) is 0 Å². The van der Waals surface area contributed by atoms with Crippen LogP contribution in [-0.4, -0.2) is 11.6 Å². The second-order valence-electron chi connectivity index (χ2n) is 5.41. The zero-order valence-electron chi connectivity index (χ0n) is 9.21. The van der Waals surface area contributed by atoms with Crippen LogP contribution in [0, 0.1) is 23.2 Å². The van der Waals surface area contributed by atoms with Gasteiger partial charge in [0.25, 0.3) is 0 Å². The van der Waals surface area contributed by atoms with Crippen LogP contribution in [0.5, 0.6) is 0 Å². The lowest BCUT2D eigenvalue weighted by Gasteiger charge is -2.31. The Kier molecular flexibility index (Phi) is 2.53. The highest BCUT2D eigenvalue weighted by Gasteiger charge is 2.40. The minimum atomic E-state index is 0.254. The van der Waals surface area contributed by atoms with Crippen molar-refractivity contribution in [1.29, 1.82) is 5.26 Å². The van der Waals surface area contributed by atoms with E-state index >= 15 is 0 Å². The smallest absolute Gasteiger partial charge is 0.0672 e. The highest BCUT2D eigenvalue weighted by molar-refractivity contribution is 5.02. The lowest BCUT2D eigenvalue weighted by molar-refractivity contribution is 0.281. The van der Waals surface area contributed by atoms with E-state index in [0.717, 1.165) is 12.3 Å². The molecule has 0 aromatic carbocycles. The topological polar surface area (TPSA) is 35.8 Å². The maximum absolute atomic E-state index is 9.00. The highest BCUT2D eigenvalue weighted by Crippen LogP contribution is 2.40. The van der Waals surface area contributed by atoms with Gasteiger partial charge in [0.1, 0.15) is 0 Å². The Balaban J connectivity index is 1.93. The van der Waals surface area contributed by atoms with Gasteiger partial charge in [0.2, 0.25) is 0 Å². The average Bonchev–Trinajstić information content (AvgIpc) is 2.89. The quantitative estimate of drug-likeness (QED) is 0.745. The van der Waals surface area contributed by atoms with Crippen LogP contribution in [0.15, 0.2) is 0 Å². The van der Waals surface area contributed by atoms with Crippen molar-refractivity contribution in [3.05, 3.63) is 0 Å². The third-order valence-electron chi connectivity index (χ3n) is 3.84. The van der Waals surface area contributed by atoms with Crippen LogP contribution in [0.3, 0.4) is 0 Å². The van der Waals surface area contributed by atoms with Crippen molar-refractivity contribution in [2.45, 2.75) is 57.5 Å². The summed E-state index contributed by atoms with van der Waals surface area (Å²) in [4.78, 5) is 0. The summed E-state index contributed by atoms with van der Waals surface area (Å²) in [7, 11) is 0. The average molecular weight is 192 g/mol. The molecule has 0 aromatic rings. The molecule has 1 N–H and O–H groups in total. The Labute approximate surface area is 86.7 Å². The van der Waals surface area contributed by atoms with E-state index < -0.39 is 0 Å². The third-order valence-corrected chi connectivity index (χ3v) is 3.84. The maximum atomic E-state index is 9.00. The summed E-state index contributed by atoms with van der Waals surface area (Å²) in [5.41, 5.74) is 0.254. The SMILES string of the molecule is CC(C)(NC1CCCC1C#N)C1CC1. The van der Waals surface area contributed by atoms with E-state index in [1.54, 1.807) is 0 Å². The van der Waals surface area contributed by atoms with Gasteiger partial charge in [0.15, 0.2) is 0 Å². The first kappa shape index (κ1) is 9.98. The van der Waals surface area contributed by atoms with E-state index in [1.165, 1.54) is 25.7 Å². The van der Waals surface area contributed by atoms with Crippen molar-refractivity contribution in [1.82, 2.24) is 5.32 Å². The van der Waals surface area contributed by atoms with Crippen LogP contribution in [0.25, 0.3) is 0 Å². The summed E-state index contributed by atoms with van der Waals surface area (Å²) in [6, 6.07) is 2.89. The summed E-state index contributed by atoms with van der Waals surface area (Å²) >= 11 is 0. The summed E-state index contributed by atoms with van der Waals surface area (Å²) in [5, 5.41) is 12.7. The van der Waals surface area contributed by atoms with Gasteiger partial charge >= 0.3 is 0 Å². The van der Waals surface area contributed by atoms with E-state index in [9.17, 15) is 0 Å². The normalized spacial score (nSPS) is 32.9. The van der Waals surface area contributed by atoms with Crippen molar-refractivity contribution in [2.24, 2.45) is 11.8 Å². The first-order valence-electron chi connectivity index (χ1n) is 5.81. The Morgan fingerprint density at radius 1 is 1.21 bits per heavy atom. The Bertz CT molecular complexity index is 248. The molecule has 2 unspecified atom stereocenters. The number of nitriles is 1. The fraction of sp³-hybridized carbons (Fsp3) is 0.917. The molecule has 0 bridgehead atoms. The molecule has 2 atom stereocenters. The molecule has 0 radical (unpaired) electrons. The van der Waals surface area contributed by atoms with E-state index in [4.69, 9.17) is 5.26 Å². The molecular weight excluding hydrogens is 172 g/mol. The van der Waals surface area contributed by atoms with Crippen molar-refractivity contribution >= 4 is 0 Å². The minimum absolute atomic E-state index is 0.254. The minimum Gasteiger partial charge on any atom is -0.307 e. The third kappa shape index (κ3) is 1.93. The van der Waals surface area contributed by atoms with E-state index in [0.29, 0.717) is 6.04 Å². The second-order valence-corrected chi connectivity index (χ2v) is 5.41. The lowest BCUT2D eigenvalue weighted by atomic mass is 9.94. The zero-order chi connectivity index (χ0) is 10.2. The van der Waals surface area contributed by atoms with Crippen molar-refractivity contribution in [3.8, 4) is 6.07 Å². The molecule has 78 valence electrons. The number of hydrogen-bond acceptors (Lipinski definition) is 2. The number of hydrogen-bond donors (Lipinski definition) is 1. The fourth-order valence-electron chi connectivity index (χ4n) is 2.69. The molecule has 2 aliphatic rings. The largest absolute Gasteiger partial charge is 0.307 e. The van der Waals surface area contributed by atoms with Crippen LogP contribution >= 0.6 is 0 Å². The molecular formula is C12H20N2. The van der Waals surface area contributed by atoms with Crippen LogP contribution in [-0.2, 0) is 0 Å². The molecule has 2 nitrogen and oxygen atoms in total. The molecule has 2 fully saturated rings. The van der Waals surface area contributed by atoms with Gasteiger partial charge in [0, 0.05) is 11.6 Å². The fourth-order valence-corrected chi connectivity index (χ4v) is 2.69. The predicted molar refractivity (Wildman–Crippen MR) is 56.7 cm³/mol. The summed E-state index contributed by atoms with van der Waals surface area (Å²) in [6.45, 7) is 4.58. The van der Waals surface area contributed by atoms with Gasteiger partial charge in [-0.25, -0.2) is 0 Å². The molecule has 0 saturated heterocycles. The second kappa shape index (κ2) is 3.55. The van der Waals surface area contributed by atoms with Gasteiger partial charge in [0.05, 0.1) is 12.0 Å². The summed E-state index contributed by atoms with van der Waals surface area (Å²) in [6.07, 6.45) is 6.23. The first-order chi connectivity index (χ1) is 6.63. The molecule has 0 heterocycles.